The van der Waals surface area contributed by atoms with Crippen LogP contribution in [0.5, 0.6) is 0 Å². The van der Waals surface area contributed by atoms with Crippen molar-refractivity contribution < 1.29 is 4.79 Å². The molecule has 0 aliphatic carbocycles. The minimum absolute atomic E-state index is 0.00589. The average Bonchev–Trinajstić information content (AvgIpc) is 3.01. The van der Waals surface area contributed by atoms with Gasteiger partial charge in [0.15, 0.2) is 5.13 Å². The van der Waals surface area contributed by atoms with Crippen molar-refractivity contribution in [3.63, 3.8) is 0 Å². The van der Waals surface area contributed by atoms with Gasteiger partial charge in [-0.15, -0.1) is 11.3 Å². The summed E-state index contributed by atoms with van der Waals surface area (Å²) in [6, 6.07) is 12.4. The highest BCUT2D eigenvalue weighted by atomic mass is 32.1. The van der Waals surface area contributed by atoms with Gasteiger partial charge in [-0.25, -0.2) is 4.98 Å². The molecule has 1 saturated heterocycles. The van der Waals surface area contributed by atoms with Gasteiger partial charge in [0.25, 0.3) is 0 Å². The predicted octanol–water partition coefficient (Wildman–Crippen LogP) is 3.79. The van der Waals surface area contributed by atoms with Crippen LogP contribution < -0.4 is 10.6 Å². The maximum atomic E-state index is 12.0. The molecule has 2 N–H and O–H groups in total. The molecule has 4 rings (SSSR count). The summed E-state index contributed by atoms with van der Waals surface area (Å²) < 4.78 is 0. The van der Waals surface area contributed by atoms with Gasteiger partial charge in [0.05, 0.1) is 11.7 Å². The lowest BCUT2D eigenvalue weighted by Crippen LogP contribution is -2.50. The Morgan fingerprint density at radius 2 is 1.85 bits per heavy atom. The standard InChI is InChI=1S/C20H20N4OS/c1-12-8-16(9-13(2)22-12)14-4-3-5-15(10-14)18-11-26-20(23-18)24-19(25)17-6-7-21-17/h3-5,8-11,17,21H,6-7H2,1-2H3,(H,23,24,25)/t17-/m1/s1. The van der Waals surface area contributed by atoms with Crippen molar-refractivity contribution in [2.24, 2.45) is 0 Å². The van der Waals surface area contributed by atoms with E-state index < -0.39 is 0 Å². The number of hydrogen-bond donors (Lipinski definition) is 2. The van der Waals surface area contributed by atoms with Crippen LogP contribution in [0.15, 0.2) is 41.8 Å². The molecule has 0 unspecified atom stereocenters. The number of aromatic nitrogens is 2. The van der Waals surface area contributed by atoms with Crippen molar-refractivity contribution in [3.8, 4) is 22.4 Å². The lowest BCUT2D eigenvalue weighted by Gasteiger charge is -2.25. The van der Waals surface area contributed by atoms with E-state index >= 15 is 0 Å². The van der Waals surface area contributed by atoms with Gasteiger partial charge in [0.2, 0.25) is 5.91 Å². The molecule has 2 aromatic heterocycles. The zero-order chi connectivity index (χ0) is 18.1. The van der Waals surface area contributed by atoms with E-state index in [-0.39, 0.29) is 11.9 Å². The second kappa shape index (κ2) is 6.97. The Bertz CT molecular complexity index is 942. The fraction of sp³-hybridized carbons (Fsp3) is 0.250. The van der Waals surface area contributed by atoms with E-state index in [9.17, 15) is 4.79 Å². The molecule has 6 heteroatoms. The van der Waals surface area contributed by atoms with Crippen LogP contribution in [0.25, 0.3) is 22.4 Å². The van der Waals surface area contributed by atoms with Gasteiger partial charge in [-0.3, -0.25) is 9.78 Å². The number of carbonyl (C=O) groups is 1. The molecular weight excluding hydrogens is 344 g/mol. The Hall–Kier alpha value is -2.57. The van der Waals surface area contributed by atoms with Crippen molar-refractivity contribution in [3.05, 3.63) is 53.2 Å². The number of thiazole rings is 1. The van der Waals surface area contributed by atoms with Crippen molar-refractivity contribution in [1.82, 2.24) is 15.3 Å². The number of anilines is 1. The van der Waals surface area contributed by atoms with E-state index in [1.807, 2.05) is 31.4 Å². The number of rotatable bonds is 4. The highest BCUT2D eigenvalue weighted by Crippen LogP contribution is 2.29. The van der Waals surface area contributed by atoms with Crippen LogP contribution >= 0.6 is 11.3 Å². The third-order valence-corrected chi connectivity index (χ3v) is 5.21. The van der Waals surface area contributed by atoms with Crippen LogP contribution in [-0.2, 0) is 4.79 Å². The quantitative estimate of drug-likeness (QED) is 0.739. The van der Waals surface area contributed by atoms with Gasteiger partial charge in [0, 0.05) is 22.3 Å². The van der Waals surface area contributed by atoms with Crippen LogP contribution in [0.4, 0.5) is 5.13 Å². The van der Waals surface area contributed by atoms with Gasteiger partial charge >= 0.3 is 0 Å². The Balaban J connectivity index is 1.57. The molecule has 1 aromatic carbocycles. The number of nitrogens with one attached hydrogen (secondary N) is 2. The first-order valence-corrected chi connectivity index (χ1v) is 9.52. The summed E-state index contributed by atoms with van der Waals surface area (Å²) in [5.74, 6) is -0.00589. The summed E-state index contributed by atoms with van der Waals surface area (Å²) in [5, 5.41) is 8.61. The first-order chi connectivity index (χ1) is 12.6. The van der Waals surface area contributed by atoms with E-state index in [2.05, 4.69) is 44.9 Å². The molecule has 1 amide bonds. The van der Waals surface area contributed by atoms with Gasteiger partial charge in [-0.2, -0.15) is 0 Å². The molecule has 5 nitrogen and oxygen atoms in total. The van der Waals surface area contributed by atoms with Crippen molar-refractivity contribution in [1.29, 1.82) is 0 Å². The Morgan fingerprint density at radius 1 is 1.12 bits per heavy atom. The largest absolute Gasteiger partial charge is 0.306 e. The molecule has 1 aliphatic rings. The van der Waals surface area contributed by atoms with E-state index in [1.54, 1.807) is 0 Å². The number of benzene rings is 1. The molecule has 132 valence electrons. The molecule has 26 heavy (non-hydrogen) atoms. The molecule has 0 radical (unpaired) electrons. The molecule has 1 atom stereocenters. The van der Waals surface area contributed by atoms with Crippen LogP contribution in [0.1, 0.15) is 17.8 Å². The fourth-order valence-electron chi connectivity index (χ4n) is 3.03. The zero-order valence-corrected chi connectivity index (χ0v) is 15.6. The van der Waals surface area contributed by atoms with Gasteiger partial charge in [0.1, 0.15) is 0 Å². The fourth-order valence-corrected chi connectivity index (χ4v) is 3.75. The maximum absolute atomic E-state index is 12.0. The topological polar surface area (TPSA) is 66.9 Å². The van der Waals surface area contributed by atoms with Crippen molar-refractivity contribution in [2.45, 2.75) is 26.3 Å². The van der Waals surface area contributed by atoms with Gasteiger partial charge in [-0.1, -0.05) is 18.2 Å². The first-order valence-electron chi connectivity index (χ1n) is 8.64. The van der Waals surface area contributed by atoms with Crippen molar-refractivity contribution in [2.75, 3.05) is 11.9 Å². The Morgan fingerprint density at radius 3 is 2.54 bits per heavy atom. The normalized spacial score (nSPS) is 16.2. The third-order valence-electron chi connectivity index (χ3n) is 4.45. The maximum Gasteiger partial charge on any atom is 0.243 e. The minimum Gasteiger partial charge on any atom is -0.306 e. The number of aryl methyl sites for hydroxylation is 2. The van der Waals surface area contributed by atoms with Crippen LogP contribution in [0.2, 0.25) is 0 Å². The second-order valence-electron chi connectivity index (χ2n) is 6.54. The van der Waals surface area contributed by atoms with Crippen molar-refractivity contribution >= 4 is 22.4 Å². The lowest BCUT2D eigenvalue weighted by atomic mass is 10.0. The molecular formula is C20H20N4OS. The Kier molecular flexibility index (Phi) is 4.53. The average molecular weight is 364 g/mol. The summed E-state index contributed by atoms with van der Waals surface area (Å²) in [6.45, 7) is 4.92. The summed E-state index contributed by atoms with van der Waals surface area (Å²) in [4.78, 5) is 21.0. The molecule has 0 spiro atoms. The van der Waals surface area contributed by atoms with E-state index in [0.717, 1.165) is 46.7 Å². The van der Waals surface area contributed by atoms with Crippen LogP contribution in [-0.4, -0.2) is 28.5 Å². The monoisotopic (exact) mass is 364 g/mol. The number of amides is 1. The second-order valence-corrected chi connectivity index (χ2v) is 7.40. The third kappa shape index (κ3) is 3.52. The first kappa shape index (κ1) is 16.9. The Labute approximate surface area is 156 Å². The van der Waals surface area contributed by atoms with E-state index in [0.29, 0.717) is 5.13 Å². The molecule has 3 heterocycles. The number of hydrogen-bond acceptors (Lipinski definition) is 5. The molecule has 0 bridgehead atoms. The van der Waals surface area contributed by atoms with Gasteiger partial charge in [-0.05, 0) is 56.1 Å². The molecule has 1 fully saturated rings. The van der Waals surface area contributed by atoms with Gasteiger partial charge < -0.3 is 10.6 Å². The highest BCUT2D eigenvalue weighted by Gasteiger charge is 2.25. The summed E-state index contributed by atoms with van der Waals surface area (Å²) >= 11 is 1.45. The number of pyridine rings is 1. The minimum atomic E-state index is -0.0798. The zero-order valence-electron chi connectivity index (χ0n) is 14.7. The molecule has 3 aromatic rings. The lowest BCUT2D eigenvalue weighted by molar-refractivity contribution is -0.119. The van der Waals surface area contributed by atoms with Crippen LogP contribution in [0, 0.1) is 13.8 Å². The summed E-state index contributed by atoms with van der Waals surface area (Å²) in [5.41, 5.74) is 6.21. The smallest absolute Gasteiger partial charge is 0.243 e. The predicted molar refractivity (Wildman–Crippen MR) is 105 cm³/mol. The summed E-state index contributed by atoms with van der Waals surface area (Å²) in [7, 11) is 0. The van der Waals surface area contributed by atoms with Crippen LogP contribution in [0.3, 0.4) is 0 Å². The molecule has 0 saturated carbocycles. The van der Waals surface area contributed by atoms with E-state index in [4.69, 9.17) is 0 Å². The summed E-state index contributed by atoms with van der Waals surface area (Å²) in [6.07, 6.45) is 0.886. The SMILES string of the molecule is Cc1cc(-c2cccc(-c3csc(NC(=O)[C@H]4CCN4)n3)c2)cc(C)n1. The number of nitrogens with zero attached hydrogens (tertiary/aromatic N) is 2. The van der Waals surface area contributed by atoms with E-state index in [1.165, 1.54) is 11.3 Å². The molecule has 1 aliphatic heterocycles. The number of carbonyl (C=O) groups excluding carboxylic acids is 1. The highest BCUT2D eigenvalue weighted by molar-refractivity contribution is 7.14.